The predicted molar refractivity (Wildman–Crippen MR) is 83.9 cm³/mol. The predicted octanol–water partition coefficient (Wildman–Crippen LogP) is 1.19. The van der Waals surface area contributed by atoms with E-state index in [0.29, 0.717) is 12.4 Å². The first-order chi connectivity index (χ1) is 11.3. The molecule has 0 atom stereocenters. The largest absolute Gasteiger partial charge is 0.379 e. The van der Waals surface area contributed by atoms with Crippen LogP contribution in [0.2, 0.25) is 0 Å². The van der Waals surface area contributed by atoms with Gasteiger partial charge in [-0.15, -0.1) is 0 Å². The molecule has 122 valence electrons. The van der Waals surface area contributed by atoms with Crippen molar-refractivity contribution in [2.45, 2.75) is 6.42 Å². The van der Waals surface area contributed by atoms with Crippen molar-refractivity contribution < 1.29 is 14.1 Å². The van der Waals surface area contributed by atoms with Gasteiger partial charge in [-0.05, 0) is 13.0 Å². The van der Waals surface area contributed by atoms with Crippen LogP contribution in [-0.2, 0) is 4.74 Å². The fourth-order valence-corrected chi connectivity index (χ4v) is 2.43. The molecule has 0 saturated carbocycles. The minimum absolute atomic E-state index is 0.00442. The van der Waals surface area contributed by atoms with E-state index in [9.17, 15) is 4.79 Å². The number of ether oxygens (including phenoxy) is 1. The van der Waals surface area contributed by atoms with Crippen molar-refractivity contribution in [2.75, 3.05) is 39.4 Å². The number of aromatic nitrogens is 2. The quantitative estimate of drug-likeness (QED) is 0.806. The Kier molecular flexibility index (Phi) is 5.33. The maximum Gasteiger partial charge on any atom is 0.316 e. The van der Waals surface area contributed by atoms with Gasteiger partial charge in [0.25, 0.3) is 0 Å². The van der Waals surface area contributed by atoms with Crippen molar-refractivity contribution in [3.8, 4) is 11.4 Å². The third kappa shape index (κ3) is 4.37. The molecule has 7 nitrogen and oxygen atoms in total. The second-order valence-corrected chi connectivity index (χ2v) is 5.35. The Labute approximate surface area is 134 Å². The molecule has 0 unspecified atom stereocenters. The highest BCUT2D eigenvalue weighted by molar-refractivity contribution is 5.89. The van der Waals surface area contributed by atoms with E-state index in [2.05, 4.69) is 20.4 Å². The lowest BCUT2D eigenvalue weighted by Gasteiger charge is -2.26. The normalized spacial score (nSPS) is 15.5. The lowest BCUT2D eigenvalue weighted by Crippen LogP contribution is -2.38. The number of amides is 1. The summed E-state index contributed by atoms with van der Waals surface area (Å²) in [5.74, 6) is 0.0842. The molecule has 1 aliphatic rings. The number of benzene rings is 1. The summed E-state index contributed by atoms with van der Waals surface area (Å²) in [6, 6.07) is 9.42. The van der Waals surface area contributed by atoms with Crippen LogP contribution in [0.5, 0.6) is 0 Å². The first-order valence-corrected chi connectivity index (χ1v) is 7.80. The molecule has 1 fully saturated rings. The van der Waals surface area contributed by atoms with Crippen LogP contribution in [0.25, 0.3) is 11.4 Å². The number of carbonyl (C=O) groups excluding carboxylic acids is 1. The second-order valence-electron chi connectivity index (χ2n) is 5.35. The van der Waals surface area contributed by atoms with Crippen molar-refractivity contribution in [1.29, 1.82) is 0 Å². The molecule has 3 rings (SSSR count). The fraction of sp³-hybridized carbons (Fsp3) is 0.438. The standard InChI is InChI=1S/C16H20N4O3/c21-15(17-7-4-8-20-9-11-22-12-10-20)16-18-14(19-23-16)13-5-2-1-3-6-13/h1-3,5-6H,4,7-12H2,(H,17,21). The molecule has 1 saturated heterocycles. The summed E-state index contributed by atoms with van der Waals surface area (Å²) in [4.78, 5) is 18.5. The third-order valence-electron chi connectivity index (χ3n) is 3.69. The molecule has 2 aromatic rings. The summed E-state index contributed by atoms with van der Waals surface area (Å²) in [7, 11) is 0. The minimum Gasteiger partial charge on any atom is -0.379 e. The van der Waals surface area contributed by atoms with Crippen LogP contribution in [0, 0.1) is 0 Å². The Morgan fingerprint density at radius 1 is 1.22 bits per heavy atom. The Hall–Kier alpha value is -2.25. The van der Waals surface area contributed by atoms with Gasteiger partial charge in [-0.2, -0.15) is 4.98 Å². The molecule has 1 N–H and O–H groups in total. The zero-order valence-corrected chi connectivity index (χ0v) is 12.9. The molecule has 7 heteroatoms. The molecule has 0 radical (unpaired) electrons. The van der Waals surface area contributed by atoms with Crippen LogP contribution in [0.3, 0.4) is 0 Å². The van der Waals surface area contributed by atoms with Crippen LogP contribution in [0.15, 0.2) is 34.9 Å². The Morgan fingerprint density at radius 2 is 2.00 bits per heavy atom. The van der Waals surface area contributed by atoms with Gasteiger partial charge >= 0.3 is 11.8 Å². The monoisotopic (exact) mass is 316 g/mol. The Morgan fingerprint density at radius 3 is 2.78 bits per heavy atom. The van der Waals surface area contributed by atoms with Gasteiger partial charge < -0.3 is 14.6 Å². The fourth-order valence-electron chi connectivity index (χ4n) is 2.43. The number of morpholine rings is 1. The smallest absolute Gasteiger partial charge is 0.316 e. The average Bonchev–Trinajstić information content (AvgIpc) is 3.10. The number of hydrogen-bond acceptors (Lipinski definition) is 6. The van der Waals surface area contributed by atoms with Gasteiger partial charge in [-0.1, -0.05) is 35.5 Å². The van der Waals surface area contributed by atoms with E-state index in [0.717, 1.165) is 44.8 Å². The SMILES string of the molecule is O=C(NCCCN1CCOCC1)c1nc(-c2ccccc2)no1. The summed E-state index contributed by atoms with van der Waals surface area (Å²) >= 11 is 0. The van der Waals surface area contributed by atoms with Crippen LogP contribution < -0.4 is 5.32 Å². The number of hydrogen-bond donors (Lipinski definition) is 1. The number of rotatable bonds is 6. The van der Waals surface area contributed by atoms with Crippen LogP contribution >= 0.6 is 0 Å². The van der Waals surface area contributed by atoms with Crippen molar-refractivity contribution in [3.05, 3.63) is 36.2 Å². The zero-order valence-electron chi connectivity index (χ0n) is 12.9. The molecule has 2 heterocycles. The minimum atomic E-state index is -0.332. The average molecular weight is 316 g/mol. The maximum atomic E-state index is 12.0. The van der Waals surface area contributed by atoms with Gasteiger partial charge in [-0.25, -0.2) is 0 Å². The van der Waals surface area contributed by atoms with Gasteiger partial charge in [0.2, 0.25) is 5.82 Å². The molecule has 0 aliphatic carbocycles. The van der Waals surface area contributed by atoms with Gasteiger partial charge in [-0.3, -0.25) is 9.69 Å². The van der Waals surface area contributed by atoms with Crippen LogP contribution in [0.1, 0.15) is 17.1 Å². The van der Waals surface area contributed by atoms with E-state index >= 15 is 0 Å². The molecule has 0 spiro atoms. The third-order valence-corrected chi connectivity index (χ3v) is 3.69. The van der Waals surface area contributed by atoms with Gasteiger partial charge in [0.1, 0.15) is 0 Å². The van der Waals surface area contributed by atoms with E-state index in [4.69, 9.17) is 9.26 Å². The van der Waals surface area contributed by atoms with Crippen LogP contribution in [-0.4, -0.2) is 60.3 Å². The molecular formula is C16H20N4O3. The number of nitrogens with one attached hydrogen (secondary N) is 1. The zero-order chi connectivity index (χ0) is 15.9. The maximum absolute atomic E-state index is 12.0. The molecule has 1 aromatic carbocycles. The van der Waals surface area contributed by atoms with E-state index in [-0.39, 0.29) is 11.8 Å². The molecule has 1 amide bonds. The molecule has 23 heavy (non-hydrogen) atoms. The lowest BCUT2D eigenvalue weighted by molar-refractivity contribution is 0.0374. The topological polar surface area (TPSA) is 80.5 Å². The van der Waals surface area contributed by atoms with Crippen molar-refractivity contribution in [2.24, 2.45) is 0 Å². The highest BCUT2D eigenvalue weighted by Crippen LogP contribution is 2.14. The van der Waals surface area contributed by atoms with E-state index in [1.54, 1.807) is 0 Å². The summed E-state index contributed by atoms with van der Waals surface area (Å²) in [6.07, 6.45) is 0.880. The number of nitrogens with zero attached hydrogens (tertiary/aromatic N) is 3. The second kappa shape index (κ2) is 7.85. The van der Waals surface area contributed by atoms with Crippen molar-refractivity contribution >= 4 is 5.91 Å². The highest BCUT2D eigenvalue weighted by Gasteiger charge is 2.16. The van der Waals surface area contributed by atoms with Gasteiger partial charge in [0.15, 0.2) is 0 Å². The first-order valence-electron chi connectivity index (χ1n) is 7.80. The number of carbonyl (C=O) groups is 1. The van der Waals surface area contributed by atoms with E-state index in [1.807, 2.05) is 30.3 Å². The molecule has 0 bridgehead atoms. The first kappa shape index (κ1) is 15.6. The Bertz CT molecular complexity index is 623. The summed E-state index contributed by atoms with van der Waals surface area (Å²) < 4.78 is 10.3. The van der Waals surface area contributed by atoms with Gasteiger partial charge in [0, 0.05) is 25.2 Å². The van der Waals surface area contributed by atoms with E-state index < -0.39 is 0 Å². The van der Waals surface area contributed by atoms with Gasteiger partial charge in [0.05, 0.1) is 13.2 Å². The van der Waals surface area contributed by atoms with E-state index in [1.165, 1.54) is 0 Å². The summed E-state index contributed by atoms with van der Waals surface area (Å²) in [5.41, 5.74) is 0.822. The highest BCUT2D eigenvalue weighted by atomic mass is 16.5. The van der Waals surface area contributed by atoms with Crippen molar-refractivity contribution in [3.63, 3.8) is 0 Å². The summed E-state index contributed by atoms with van der Waals surface area (Å²) in [6.45, 7) is 5.02. The molecule has 1 aromatic heterocycles. The summed E-state index contributed by atoms with van der Waals surface area (Å²) in [5, 5.41) is 6.65. The van der Waals surface area contributed by atoms with Crippen molar-refractivity contribution in [1.82, 2.24) is 20.4 Å². The Balaban J connectivity index is 1.44. The lowest BCUT2D eigenvalue weighted by atomic mass is 10.2. The van der Waals surface area contributed by atoms with Crippen LogP contribution in [0.4, 0.5) is 0 Å². The molecular weight excluding hydrogens is 296 g/mol. The molecule has 1 aliphatic heterocycles.